The predicted molar refractivity (Wildman–Crippen MR) is 97.0 cm³/mol. The summed E-state index contributed by atoms with van der Waals surface area (Å²) in [5.74, 6) is 0. The van der Waals surface area contributed by atoms with E-state index in [9.17, 15) is 20.2 Å². The number of nitriles is 1. The van der Waals surface area contributed by atoms with E-state index in [0.29, 0.717) is 26.7 Å². The number of benzene rings is 1. The molecule has 0 unspecified atom stereocenters. The lowest BCUT2D eigenvalue weighted by molar-refractivity contribution is -0.384. The van der Waals surface area contributed by atoms with Gasteiger partial charge in [0.15, 0.2) is 0 Å². The molecule has 0 fully saturated rings. The number of aryl methyl sites for hydroxylation is 1. The SMILES string of the molecule is Cc1cc(-c2cc([N+](=O)[O-])ccc2Sc2ccccn2)c(C#N)c(=O)[nH]1. The fraction of sp³-hybridized carbons (Fsp3) is 0.0556. The van der Waals surface area contributed by atoms with Crippen LogP contribution in [0.15, 0.2) is 63.4 Å². The molecule has 0 bridgehead atoms. The summed E-state index contributed by atoms with van der Waals surface area (Å²) in [6.07, 6.45) is 1.64. The molecule has 0 aliphatic rings. The largest absolute Gasteiger partial charge is 0.325 e. The first-order valence-corrected chi connectivity index (χ1v) is 8.33. The zero-order valence-corrected chi connectivity index (χ0v) is 14.4. The molecule has 8 heteroatoms. The second-order valence-electron chi connectivity index (χ2n) is 5.39. The summed E-state index contributed by atoms with van der Waals surface area (Å²) in [6, 6.07) is 13.3. The third-order valence-corrected chi connectivity index (χ3v) is 4.62. The zero-order valence-electron chi connectivity index (χ0n) is 13.6. The van der Waals surface area contributed by atoms with Crippen molar-refractivity contribution in [2.45, 2.75) is 16.8 Å². The number of nitro groups is 1. The number of hydrogen-bond acceptors (Lipinski definition) is 6. The molecule has 0 aliphatic carbocycles. The maximum atomic E-state index is 12.1. The monoisotopic (exact) mass is 364 g/mol. The summed E-state index contributed by atoms with van der Waals surface area (Å²) in [6.45, 7) is 1.69. The van der Waals surface area contributed by atoms with Gasteiger partial charge in [0.25, 0.3) is 11.2 Å². The van der Waals surface area contributed by atoms with Gasteiger partial charge >= 0.3 is 0 Å². The van der Waals surface area contributed by atoms with E-state index in [-0.39, 0.29) is 11.3 Å². The fourth-order valence-corrected chi connectivity index (χ4v) is 3.36. The summed E-state index contributed by atoms with van der Waals surface area (Å²) < 4.78 is 0. The molecule has 2 heterocycles. The number of aromatic nitrogens is 2. The van der Waals surface area contributed by atoms with Gasteiger partial charge in [0.1, 0.15) is 16.7 Å². The number of rotatable bonds is 4. The summed E-state index contributed by atoms with van der Waals surface area (Å²) in [5, 5.41) is 21.3. The third kappa shape index (κ3) is 3.48. The Hall–Kier alpha value is -3.44. The molecule has 0 aliphatic heterocycles. The van der Waals surface area contributed by atoms with Gasteiger partial charge in [0, 0.05) is 40.0 Å². The van der Waals surface area contributed by atoms with Crippen LogP contribution in [0.1, 0.15) is 11.3 Å². The first-order valence-electron chi connectivity index (χ1n) is 7.51. The van der Waals surface area contributed by atoms with Crippen molar-refractivity contribution in [1.82, 2.24) is 9.97 Å². The van der Waals surface area contributed by atoms with Crippen molar-refractivity contribution in [3.63, 3.8) is 0 Å². The van der Waals surface area contributed by atoms with E-state index in [4.69, 9.17) is 0 Å². The van der Waals surface area contributed by atoms with Gasteiger partial charge in [0.05, 0.1) is 4.92 Å². The maximum Gasteiger partial charge on any atom is 0.270 e. The summed E-state index contributed by atoms with van der Waals surface area (Å²) in [7, 11) is 0. The number of pyridine rings is 2. The Morgan fingerprint density at radius 1 is 1.23 bits per heavy atom. The molecular weight excluding hydrogens is 352 g/mol. The molecule has 0 saturated heterocycles. The van der Waals surface area contributed by atoms with Crippen LogP contribution in [0.3, 0.4) is 0 Å². The van der Waals surface area contributed by atoms with Crippen molar-refractivity contribution in [2.24, 2.45) is 0 Å². The van der Waals surface area contributed by atoms with E-state index in [1.165, 1.54) is 23.9 Å². The molecule has 7 nitrogen and oxygen atoms in total. The normalized spacial score (nSPS) is 10.3. The van der Waals surface area contributed by atoms with Crippen LogP contribution < -0.4 is 5.56 Å². The molecule has 2 aromatic heterocycles. The van der Waals surface area contributed by atoms with Crippen molar-refractivity contribution in [3.8, 4) is 17.2 Å². The van der Waals surface area contributed by atoms with Crippen LogP contribution in [-0.4, -0.2) is 14.9 Å². The van der Waals surface area contributed by atoms with Crippen LogP contribution in [0, 0.1) is 28.4 Å². The minimum Gasteiger partial charge on any atom is -0.325 e. The van der Waals surface area contributed by atoms with Gasteiger partial charge < -0.3 is 4.98 Å². The Kier molecular flexibility index (Phi) is 4.82. The van der Waals surface area contributed by atoms with E-state index in [1.807, 2.05) is 18.2 Å². The van der Waals surface area contributed by atoms with E-state index in [1.54, 1.807) is 31.3 Å². The van der Waals surface area contributed by atoms with Gasteiger partial charge in [-0.25, -0.2) is 4.98 Å². The highest BCUT2D eigenvalue weighted by Crippen LogP contribution is 2.38. The minimum absolute atomic E-state index is 0.0843. The zero-order chi connectivity index (χ0) is 18.7. The van der Waals surface area contributed by atoms with Crippen LogP contribution in [-0.2, 0) is 0 Å². The first-order chi connectivity index (χ1) is 12.5. The number of nitrogens with zero attached hydrogens (tertiary/aromatic N) is 3. The van der Waals surface area contributed by atoms with Gasteiger partial charge in [-0.15, -0.1) is 0 Å². The minimum atomic E-state index is -0.525. The molecule has 1 N–H and O–H groups in total. The van der Waals surface area contributed by atoms with E-state index in [2.05, 4.69) is 9.97 Å². The quantitative estimate of drug-likeness (QED) is 0.558. The fourth-order valence-electron chi connectivity index (χ4n) is 2.46. The number of nitrogens with one attached hydrogen (secondary N) is 1. The molecule has 0 amide bonds. The molecule has 26 heavy (non-hydrogen) atoms. The van der Waals surface area contributed by atoms with E-state index >= 15 is 0 Å². The maximum absolute atomic E-state index is 12.1. The van der Waals surface area contributed by atoms with E-state index in [0.717, 1.165) is 0 Å². The Morgan fingerprint density at radius 2 is 2.04 bits per heavy atom. The average Bonchev–Trinajstić information content (AvgIpc) is 2.62. The van der Waals surface area contributed by atoms with Gasteiger partial charge in [-0.2, -0.15) is 5.26 Å². The van der Waals surface area contributed by atoms with Crippen LogP contribution in [0.4, 0.5) is 5.69 Å². The van der Waals surface area contributed by atoms with Crippen LogP contribution in [0.25, 0.3) is 11.1 Å². The van der Waals surface area contributed by atoms with Gasteiger partial charge in [0.2, 0.25) is 0 Å². The highest BCUT2D eigenvalue weighted by Gasteiger charge is 2.18. The lowest BCUT2D eigenvalue weighted by Crippen LogP contribution is -2.13. The molecule has 128 valence electrons. The standard InChI is InChI=1S/C18H12N4O3S/c1-11-8-13(15(10-19)18(23)21-11)14-9-12(22(24)25)5-6-16(14)26-17-4-2-3-7-20-17/h2-9H,1H3,(H,21,23). The molecular formula is C18H12N4O3S. The molecule has 3 rings (SSSR count). The van der Waals surface area contributed by atoms with Crippen molar-refractivity contribution >= 4 is 17.4 Å². The molecule has 0 atom stereocenters. The Labute approximate surface area is 152 Å². The number of aromatic amines is 1. The molecule has 0 spiro atoms. The Morgan fingerprint density at radius 3 is 2.69 bits per heavy atom. The third-order valence-electron chi connectivity index (χ3n) is 3.60. The highest BCUT2D eigenvalue weighted by molar-refractivity contribution is 7.99. The smallest absolute Gasteiger partial charge is 0.270 e. The molecule has 0 saturated carbocycles. The first kappa shape index (κ1) is 17.4. The molecule has 0 radical (unpaired) electrons. The van der Waals surface area contributed by atoms with Crippen molar-refractivity contribution in [1.29, 1.82) is 5.26 Å². The topological polar surface area (TPSA) is 113 Å². The second-order valence-corrected chi connectivity index (χ2v) is 6.45. The lowest BCUT2D eigenvalue weighted by atomic mass is 10.0. The van der Waals surface area contributed by atoms with Gasteiger partial charge in [-0.3, -0.25) is 14.9 Å². The summed E-state index contributed by atoms with van der Waals surface area (Å²) in [4.78, 5) is 30.3. The number of non-ortho nitro benzene ring substituents is 1. The Bertz CT molecular complexity index is 1090. The van der Waals surface area contributed by atoms with Gasteiger partial charge in [-0.05, 0) is 31.2 Å². The summed E-state index contributed by atoms with van der Waals surface area (Å²) in [5.41, 5.74) is 0.634. The van der Waals surface area contributed by atoms with E-state index < -0.39 is 10.5 Å². The van der Waals surface area contributed by atoms with Gasteiger partial charge in [-0.1, -0.05) is 17.8 Å². The average molecular weight is 364 g/mol. The summed E-state index contributed by atoms with van der Waals surface area (Å²) >= 11 is 1.31. The predicted octanol–water partition coefficient (Wildman–Crippen LogP) is 3.68. The van der Waals surface area contributed by atoms with Crippen LogP contribution in [0.2, 0.25) is 0 Å². The Balaban J connectivity index is 2.25. The number of H-pyrrole nitrogens is 1. The van der Waals surface area contributed by atoms with Crippen molar-refractivity contribution in [3.05, 3.63) is 80.4 Å². The lowest BCUT2D eigenvalue weighted by Gasteiger charge is -2.11. The van der Waals surface area contributed by atoms with Crippen molar-refractivity contribution < 1.29 is 4.92 Å². The van der Waals surface area contributed by atoms with Crippen LogP contribution in [0.5, 0.6) is 0 Å². The number of hydrogen-bond donors (Lipinski definition) is 1. The van der Waals surface area contributed by atoms with Crippen LogP contribution >= 0.6 is 11.8 Å². The number of nitro benzene ring substituents is 1. The van der Waals surface area contributed by atoms with Crippen molar-refractivity contribution in [2.75, 3.05) is 0 Å². The molecule has 1 aromatic carbocycles. The highest BCUT2D eigenvalue weighted by atomic mass is 32.2. The second kappa shape index (κ2) is 7.21. The molecule has 3 aromatic rings.